The topological polar surface area (TPSA) is 92.1 Å². The summed E-state index contributed by atoms with van der Waals surface area (Å²) in [6.07, 6.45) is 3.62. The minimum atomic E-state index is -0.518. The molecule has 1 heterocycles. The van der Waals surface area contributed by atoms with Gasteiger partial charge >= 0.3 is 11.2 Å². The van der Waals surface area contributed by atoms with Crippen LogP contribution in [0.4, 0.5) is 0 Å². The van der Waals surface area contributed by atoms with E-state index in [0.29, 0.717) is 0 Å². The summed E-state index contributed by atoms with van der Waals surface area (Å²) in [5.74, 6) is -0.0537. The highest BCUT2D eigenvalue weighted by Crippen LogP contribution is 2.19. The first-order chi connectivity index (χ1) is 8.50. The minimum absolute atomic E-state index is 0.0537. The molecule has 7 heteroatoms. The maximum absolute atomic E-state index is 11.8. The molecule has 18 heavy (non-hydrogen) atoms. The van der Waals surface area contributed by atoms with Crippen molar-refractivity contribution in [2.45, 2.75) is 37.8 Å². The summed E-state index contributed by atoms with van der Waals surface area (Å²) in [5.41, 5.74) is 4.96. The Labute approximate surface area is 104 Å². The Balaban J connectivity index is 2.29. The average Bonchev–Trinajstić information content (AvgIpc) is 2.36. The van der Waals surface area contributed by atoms with Crippen LogP contribution in [0.15, 0.2) is 9.59 Å². The van der Waals surface area contributed by atoms with Crippen molar-refractivity contribution in [3.05, 3.63) is 20.8 Å². The van der Waals surface area contributed by atoms with Crippen LogP contribution in [0.25, 0.3) is 0 Å². The molecule has 1 aliphatic carbocycles. The van der Waals surface area contributed by atoms with Gasteiger partial charge in [0.05, 0.1) is 0 Å². The molecule has 100 valence electrons. The monoisotopic (exact) mass is 254 g/mol. The summed E-state index contributed by atoms with van der Waals surface area (Å²) in [6, 6.07) is -0.0810. The predicted molar refractivity (Wildman–Crippen MR) is 65.6 cm³/mol. The summed E-state index contributed by atoms with van der Waals surface area (Å²) < 4.78 is 7.66. The molecule has 1 aromatic rings. The molecule has 0 aliphatic heterocycles. The van der Waals surface area contributed by atoms with Crippen molar-refractivity contribution in [2.24, 2.45) is 19.8 Å². The lowest BCUT2D eigenvalue weighted by Crippen LogP contribution is -2.45. The van der Waals surface area contributed by atoms with Crippen LogP contribution in [0.5, 0.6) is 5.88 Å². The summed E-state index contributed by atoms with van der Waals surface area (Å²) in [4.78, 5) is 23.3. The molecule has 0 amide bonds. The molecule has 2 atom stereocenters. The molecule has 1 saturated carbocycles. The van der Waals surface area contributed by atoms with E-state index in [-0.39, 0.29) is 18.0 Å². The van der Waals surface area contributed by atoms with Crippen molar-refractivity contribution >= 4 is 0 Å². The van der Waals surface area contributed by atoms with E-state index in [0.717, 1.165) is 34.9 Å². The molecule has 2 unspecified atom stereocenters. The Hall–Kier alpha value is -1.63. The molecule has 7 nitrogen and oxygen atoms in total. The first-order valence-corrected chi connectivity index (χ1v) is 6.07. The van der Waals surface area contributed by atoms with Crippen molar-refractivity contribution in [3.8, 4) is 5.88 Å². The van der Waals surface area contributed by atoms with Gasteiger partial charge in [-0.1, -0.05) is 6.42 Å². The first kappa shape index (κ1) is 12.8. The fourth-order valence-corrected chi connectivity index (χ4v) is 2.16. The fraction of sp³-hybridized carbons (Fsp3) is 0.727. The first-order valence-electron chi connectivity index (χ1n) is 6.07. The van der Waals surface area contributed by atoms with Crippen LogP contribution < -0.4 is 21.7 Å². The van der Waals surface area contributed by atoms with Gasteiger partial charge in [-0.15, -0.1) is 5.10 Å². The molecule has 0 spiro atoms. The van der Waals surface area contributed by atoms with Gasteiger partial charge in [0.15, 0.2) is 0 Å². The average molecular weight is 254 g/mol. The van der Waals surface area contributed by atoms with Crippen molar-refractivity contribution in [1.82, 2.24) is 14.3 Å². The van der Waals surface area contributed by atoms with Crippen molar-refractivity contribution in [2.75, 3.05) is 0 Å². The van der Waals surface area contributed by atoms with E-state index in [2.05, 4.69) is 5.10 Å². The third kappa shape index (κ3) is 2.31. The lowest BCUT2D eigenvalue weighted by Gasteiger charge is -2.28. The van der Waals surface area contributed by atoms with Crippen molar-refractivity contribution in [3.63, 3.8) is 0 Å². The van der Waals surface area contributed by atoms with Gasteiger partial charge in [-0.3, -0.25) is 9.36 Å². The fourth-order valence-electron chi connectivity index (χ4n) is 2.16. The van der Waals surface area contributed by atoms with Crippen LogP contribution in [0, 0.1) is 0 Å². The lowest BCUT2D eigenvalue weighted by molar-refractivity contribution is 0.120. The van der Waals surface area contributed by atoms with Gasteiger partial charge in [0.1, 0.15) is 6.10 Å². The number of aryl methyl sites for hydroxylation is 1. The van der Waals surface area contributed by atoms with E-state index in [4.69, 9.17) is 10.5 Å². The van der Waals surface area contributed by atoms with E-state index >= 15 is 0 Å². The molecule has 1 aromatic heterocycles. The summed E-state index contributed by atoms with van der Waals surface area (Å²) in [5, 5.41) is 3.85. The molecule has 1 fully saturated rings. The van der Waals surface area contributed by atoms with Gasteiger partial charge in [0.2, 0.25) is 0 Å². The van der Waals surface area contributed by atoms with Crippen molar-refractivity contribution < 1.29 is 4.74 Å². The highest BCUT2D eigenvalue weighted by Gasteiger charge is 2.25. The molecule has 0 aromatic carbocycles. The number of nitrogens with zero attached hydrogens (tertiary/aromatic N) is 3. The summed E-state index contributed by atoms with van der Waals surface area (Å²) >= 11 is 0. The van der Waals surface area contributed by atoms with Crippen LogP contribution in [0.1, 0.15) is 25.7 Å². The number of nitrogens with two attached hydrogens (primary N) is 1. The zero-order valence-electron chi connectivity index (χ0n) is 10.6. The number of ether oxygens (including phenoxy) is 1. The summed E-state index contributed by atoms with van der Waals surface area (Å²) in [6.45, 7) is 0. The Morgan fingerprint density at radius 1 is 1.28 bits per heavy atom. The highest BCUT2D eigenvalue weighted by atomic mass is 16.5. The van der Waals surface area contributed by atoms with E-state index < -0.39 is 11.2 Å². The smallest absolute Gasteiger partial charge is 0.347 e. The minimum Gasteiger partial charge on any atom is -0.468 e. The molecule has 0 bridgehead atoms. The standard InChI is InChI=1S/C11H18N4O3/c1-14-10(16)9(13-15(2)11(14)17)18-8-6-4-3-5-7(8)12/h7-8H,3-6,12H2,1-2H3. The number of hydrogen-bond donors (Lipinski definition) is 1. The number of hydrogen-bond acceptors (Lipinski definition) is 5. The summed E-state index contributed by atoms with van der Waals surface area (Å²) in [7, 11) is 2.88. The van der Waals surface area contributed by atoms with Crippen molar-refractivity contribution in [1.29, 1.82) is 0 Å². The van der Waals surface area contributed by atoms with Gasteiger partial charge in [0, 0.05) is 20.1 Å². The zero-order chi connectivity index (χ0) is 13.3. The number of aromatic nitrogens is 3. The van der Waals surface area contributed by atoms with Gasteiger partial charge in [-0.05, 0) is 19.3 Å². The quantitative estimate of drug-likeness (QED) is 0.740. The maximum Gasteiger partial charge on any atom is 0.347 e. The lowest BCUT2D eigenvalue weighted by atomic mass is 9.93. The Bertz CT molecular complexity index is 548. The van der Waals surface area contributed by atoms with E-state index in [1.165, 1.54) is 14.1 Å². The molecule has 2 N–H and O–H groups in total. The van der Waals surface area contributed by atoms with E-state index in [1.54, 1.807) is 0 Å². The largest absolute Gasteiger partial charge is 0.468 e. The maximum atomic E-state index is 11.8. The van der Waals surface area contributed by atoms with Gasteiger partial charge in [0.25, 0.3) is 5.88 Å². The van der Waals surface area contributed by atoms with Gasteiger partial charge in [-0.25, -0.2) is 9.48 Å². The molecule has 0 saturated heterocycles. The van der Waals surface area contributed by atoms with Crippen LogP contribution in [-0.4, -0.2) is 26.5 Å². The third-order valence-corrected chi connectivity index (χ3v) is 3.31. The van der Waals surface area contributed by atoms with Gasteiger partial charge < -0.3 is 10.5 Å². The molecule has 2 rings (SSSR count). The highest BCUT2D eigenvalue weighted by molar-refractivity contribution is 5.03. The Morgan fingerprint density at radius 2 is 1.94 bits per heavy atom. The second-order valence-corrected chi connectivity index (χ2v) is 4.68. The molecule has 0 radical (unpaired) electrons. The van der Waals surface area contributed by atoms with E-state index in [1.807, 2.05) is 0 Å². The van der Waals surface area contributed by atoms with Crippen LogP contribution in [0.2, 0.25) is 0 Å². The molecule has 1 aliphatic rings. The SMILES string of the molecule is Cn1nc(OC2CCCCC2N)c(=O)n(C)c1=O. The van der Waals surface area contributed by atoms with Gasteiger partial charge in [-0.2, -0.15) is 0 Å². The number of rotatable bonds is 2. The normalized spacial score (nSPS) is 23.9. The molecular weight excluding hydrogens is 236 g/mol. The van der Waals surface area contributed by atoms with Crippen LogP contribution >= 0.6 is 0 Å². The Kier molecular flexibility index (Phi) is 3.51. The second kappa shape index (κ2) is 4.93. The second-order valence-electron chi connectivity index (χ2n) is 4.68. The van der Waals surface area contributed by atoms with E-state index in [9.17, 15) is 9.59 Å². The zero-order valence-corrected chi connectivity index (χ0v) is 10.6. The van der Waals surface area contributed by atoms with Crippen LogP contribution in [0.3, 0.4) is 0 Å². The molecular formula is C11H18N4O3. The van der Waals surface area contributed by atoms with Crippen LogP contribution in [-0.2, 0) is 14.1 Å². The predicted octanol–water partition coefficient (Wildman–Crippen LogP) is -0.872. The Morgan fingerprint density at radius 3 is 2.61 bits per heavy atom. The third-order valence-electron chi connectivity index (χ3n) is 3.31.